The number of carboxylic acids is 1. The minimum atomic E-state index is -0.668. The summed E-state index contributed by atoms with van der Waals surface area (Å²) in [5.74, 6) is 0.525. The zero-order chi connectivity index (χ0) is 16.6. The Morgan fingerprint density at radius 1 is 1.26 bits per heavy atom. The van der Waals surface area contributed by atoms with Crippen molar-refractivity contribution in [3.63, 3.8) is 0 Å². The number of aliphatic carboxylic acids is 1. The lowest BCUT2D eigenvalue weighted by Gasteiger charge is -2.33. The third kappa shape index (κ3) is 3.42. The van der Waals surface area contributed by atoms with E-state index in [4.69, 9.17) is 4.42 Å². The fraction of sp³-hybridized carbons (Fsp3) is 0.526. The quantitative estimate of drug-likeness (QED) is 0.894. The van der Waals surface area contributed by atoms with Gasteiger partial charge in [-0.05, 0) is 68.4 Å². The number of rotatable bonds is 4. The van der Waals surface area contributed by atoms with Gasteiger partial charge in [-0.25, -0.2) is 0 Å². The van der Waals surface area contributed by atoms with Crippen LogP contribution in [0.5, 0.6) is 0 Å². The Kier molecular flexibility index (Phi) is 4.44. The molecule has 0 bridgehead atoms. The highest BCUT2D eigenvalue weighted by atomic mass is 16.4. The Morgan fingerprint density at radius 3 is 2.74 bits per heavy atom. The summed E-state index contributed by atoms with van der Waals surface area (Å²) in [5, 5.41) is 13.9. The summed E-state index contributed by atoms with van der Waals surface area (Å²) >= 11 is 0. The molecule has 2 aromatic rings. The van der Waals surface area contributed by atoms with Crippen LogP contribution in [0.25, 0.3) is 11.0 Å². The van der Waals surface area contributed by atoms with Crippen LogP contribution < -0.4 is 5.32 Å². The van der Waals surface area contributed by atoms with Crippen molar-refractivity contribution in [2.75, 3.05) is 0 Å². The number of nitrogens with one attached hydrogen (secondary N) is 1. The fourth-order valence-electron chi connectivity index (χ4n) is 3.51. The van der Waals surface area contributed by atoms with Gasteiger partial charge in [0.1, 0.15) is 11.3 Å². The molecular formula is C19H25NO3. The van der Waals surface area contributed by atoms with Crippen LogP contribution in [-0.4, -0.2) is 17.1 Å². The third-order valence-electron chi connectivity index (χ3n) is 5.27. The van der Waals surface area contributed by atoms with Gasteiger partial charge in [-0.3, -0.25) is 4.79 Å². The largest absolute Gasteiger partial charge is 0.481 e. The summed E-state index contributed by atoms with van der Waals surface area (Å²) in [5.41, 5.74) is 3.42. The number of fused-ring (bicyclic) bond motifs is 1. The molecule has 1 fully saturated rings. The molecule has 2 N–H and O–H groups in total. The number of aryl methyl sites for hydroxylation is 2. The molecule has 1 aliphatic rings. The Labute approximate surface area is 136 Å². The lowest BCUT2D eigenvalue weighted by atomic mass is 9.79. The smallest absolute Gasteiger partial charge is 0.306 e. The van der Waals surface area contributed by atoms with Gasteiger partial charge in [0.2, 0.25) is 0 Å². The Morgan fingerprint density at radius 2 is 2.00 bits per heavy atom. The first-order valence-corrected chi connectivity index (χ1v) is 8.40. The second kappa shape index (κ2) is 6.36. The van der Waals surface area contributed by atoms with Crippen molar-refractivity contribution in [2.24, 2.45) is 11.8 Å². The zero-order valence-electron chi connectivity index (χ0n) is 14.1. The molecule has 1 aliphatic carbocycles. The van der Waals surface area contributed by atoms with Crippen LogP contribution >= 0.6 is 0 Å². The average Bonchev–Trinajstić information content (AvgIpc) is 2.88. The molecule has 4 nitrogen and oxygen atoms in total. The van der Waals surface area contributed by atoms with E-state index in [1.54, 1.807) is 0 Å². The average molecular weight is 315 g/mol. The SMILES string of the molecule is Cc1cc2cc(CNC3CC(C(=O)O)CCC3C)oc2cc1C. The van der Waals surface area contributed by atoms with Crippen molar-refractivity contribution >= 4 is 16.9 Å². The summed E-state index contributed by atoms with van der Waals surface area (Å²) in [6.07, 6.45) is 2.46. The Bertz CT molecular complexity index is 680. The van der Waals surface area contributed by atoms with Crippen LogP contribution in [0.3, 0.4) is 0 Å². The summed E-state index contributed by atoms with van der Waals surface area (Å²) < 4.78 is 5.93. The molecule has 23 heavy (non-hydrogen) atoms. The van der Waals surface area contributed by atoms with E-state index in [0.717, 1.165) is 29.6 Å². The third-order valence-corrected chi connectivity index (χ3v) is 5.27. The van der Waals surface area contributed by atoms with Crippen LogP contribution in [0.4, 0.5) is 0 Å². The van der Waals surface area contributed by atoms with E-state index in [0.29, 0.717) is 18.9 Å². The molecule has 3 atom stereocenters. The number of benzene rings is 1. The highest BCUT2D eigenvalue weighted by Gasteiger charge is 2.31. The number of hydrogen-bond acceptors (Lipinski definition) is 3. The lowest BCUT2D eigenvalue weighted by molar-refractivity contribution is -0.143. The maximum Gasteiger partial charge on any atom is 0.306 e. The number of furan rings is 1. The molecule has 0 saturated heterocycles. The highest BCUT2D eigenvalue weighted by molar-refractivity contribution is 5.79. The maximum atomic E-state index is 11.2. The van der Waals surface area contributed by atoms with Gasteiger partial charge in [-0.2, -0.15) is 0 Å². The van der Waals surface area contributed by atoms with Gasteiger partial charge in [-0.15, -0.1) is 0 Å². The molecule has 1 aromatic carbocycles. The maximum absolute atomic E-state index is 11.2. The van der Waals surface area contributed by atoms with Gasteiger partial charge in [0.15, 0.2) is 0 Å². The van der Waals surface area contributed by atoms with Gasteiger partial charge in [0, 0.05) is 11.4 Å². The van der Waals surface area contributed by atoms with E-state index < -0.39 is 5.97 Å². The molecule has 0 radical (unpaired) electrons. The van der Waals surface area contributed by atoms with Gasteiger partial charge in [-0.1, -0.05) is 6.92 Å². The van der Waals surface area contributed by atoms with Crippen molar-refractivity contribution in [1.82, 2.24) is 5.32 Å². The summed E-state index contributed by atoms with van der Waals surface area (Å²) in [7, 11) is 0. The highest BCUT2D eigenvalue weighted by Crippen LogP contribution is 2.30. The van der Waals surface area contributed by atoms with Gasteiger partial charge in [0.05, 0.1) is 12.5 Å². The number of hydrogen-bond donors (Lipinski definition) is 2. The monoisotopic (exact) mass is 315 g/mol. The van der Waals surface area contributed by atoms with Crippen LogP contribution in [0, 0.1) is 25.7 Å². The van der Waals surface area contributed by atoms with E-state index >= 15 is 0 Å². The lowest BCUT2D eigenvalue weighted by Crippen LogP contribution is -2.41. The van der Waals surface area contributed by atoms with Crippen LogP contribution in [-0.2, 0) is 11.3 Å². The number of carbonyl (C=O) groups is 1. The van der Waals surface area contributed by atoms with E-state index in [1.807, 2.05) is 0 Å². The van der Waals surface area contributed by atoms with Crippen molar-refractivity contribution in [3.8, 4) is 0 Å². The molecule has 124 valence electrons. The van der Waals surface area contributed by atoms with Crippen LogP contribution in [0.2, 0.25) is 0 Å². The normalized spacial score (nSPS) is 24.9. The number of carboxylic acid groups (broad SMARTS) is 1. The standard InChI is InChI=1S/C19H25NO3/c1-11-4-5-14(19(21)22)9-17(11)20-10-16-8-15-6-12(2)13(3)7-18(15)23-16/h6-8,11,14,17,20H,4-5,9-10H2,1-3H3,(H,21,22). The zero-order valence-corrected chi connectivity index (χ0v) is 14.1. The first kappa shape index (κ1) is 16.1. The van der Waals surface area contributed by atoms with Crippen molar-refractivity contribution < 1.29 is 14.3 Å². The van der Waals surface area contributed by atoms with Gasteiger partial charge < -0.3 is 14.8 Å². The van der Waals surface area contributed by atoms with E-state index in [9.17, 15) is 9.90 Å². The summed E-state index contributed by atoms with van der Waals surface area (Å²) in [4.78, 5) is 11.2. The Hall–Kier alpha value is -1.81. The second-order valence-corrected chi connectivity index (χ2v) is 7.00. The van der Waals surface area contributed by atoms with Gasteiger partial charge >= 0.3 is 5.97 Å². The molecule has 3 rings (SSSR count). The minimum Gasteiger partial charge on any atom is -0.481 e. The van der Waals surface area contributed by atoms with Crippen LogP contribution in [0.15, 0.2) is 22.6 Å². The van der Waals surface area contributed by atoms with E-state index in [1.165, 1.54) is 11.1 Å². The topological polar surface area (TPSA) is 62.5 Å². The fourth-order valence-corrected chi connectivity index (χ4v) is 3.51. The Balaban J connectivity index is 1.68. The molecule has 0 aliphatic heterocycles. The van der Waals surface area contributed by atoms with E-state index in [2.05, 4.69) is 44.3 Å². The molecular weight excluding hydrogens is 290 g/mol. The predicted molar refractivity (Wildman–Crippen MR) is 90.5 cm³/mol. The molecule has 0 spiro atoms. The summed E-state index contributed by atoms with van der Waals surface area (Å²) in [6.45, 7) is 7.04. The first-order chi connectivity index (χ1) is 10.9. The van der Waals surface area contributed by atoms with Gasteiger partial charge in [0.25, 0.3) is 0 Å². The minimum absolute atomic E-state index is 0.218. The first-order valence-electron chi connectivity index (χ1n) is 8.40. The molecule has 4 heteroatoms. The molecule has 1 saturated carbocycles. The molecule has 0 amide bonds. The molecule has 3 unspecified atom stereocenters. The van der Waals surface area contributed by atoms with Crippen molar-refractivity contribution in [3.05, 3.63) is 35.1 Å². The summed E-state index contributed by atoms with van der Waals surface area (Å²) in [6, 6.07) is 6.55. The van der Waals surface area contributed by atoms with Crippen molar-refractivity contribution in [2.45, 2.75) is 52.6 Å². The van der Waals surface area contributed by atoms with E-state index in [-0.39, 0.29) is 12.0 Å². The predicted octanol–water partition coefficient (Wildman–Crippen LogP) is 4.03. The molecule has 1 aromatic heterocycles. The second-order valence-electron chi connectivity index (χ2n) is 7.00. The van der Waals surface area contributed by atoms with Crippen LogP contribution in [0.1, 0.15) is 43.1 Å². The van der Waals surface area contributed by atoms with Crippen molar-refractivity contribution in [1.29, 1.82) is 0 Å². The molecule has 1 heterocycles.